The number of hydrogen-bond acceptors (Lipinski definition) is 4. The Hall–Kier alpha value is -0.750. The number of β-amino-alcohol motifs (C(OH)–C–C–N with tert-alkyl or cyclic N) is 1. The predicted molar refractivity (Wildman–Crippen MR) is 47.6 cm³/mol. The second-order valence-corrected chi connectivity index (χ2v) is 3.31. The molecule has 0 radical (unpaired) electrons. The number of amides is 1. The topological polar surface area (TPSA) is 77.8 Å². The molecule has 0 aromatic rings. The summed E-state index contributed by atoms with van der Waals surface area (Å²) in [5.74, 6) is -1.35. The fourth-order valence-electron chi connectivity index (χ4n) is 1.32. The number of carboxylic acids is 1. The molecule has 1 rings (SSSR count). The molecule has 1 aliphatic heterocycles. The minimum absolute atomic E-state index is 0.0115. The zero-order valence-electron chi connectivity index (χ0n) is 6.88. The minimum atomic E-state index is -1.09. The first-order valence-electron chi connectivity index (χ1n) is 3.87. The van der Waals surface area contributed by atoms with Gasteiger partial charge in [-0.1, -0.05) is 0 Å². The molecule has 0 aromatic heterocycles. The molecular weight excluding hydrogens is 194 g/mol. The molecule has 2 N–H and O–H groups in total. The molecule has 0 aromatic carbocycles. The summed E-state index contributed by atoms with van der Waals surface area (Å²) in [5.41, 5.74) is 0. The quantitative estimate of drug-likeness (QED) is 0.514. The smallest absolute Gasteiger partial charge is 0.327 e. The summed E-state index contributed by atoms with van der Waals surface area (Å²) in [7, 11) is 0. The van der Waals surface area contributed by atoms with Gasteiger partial charge in [0.15, 0.2) is 0 Å². The average Bonchev–Trinajstić information content (AvgIpc) is 2.31. The monoisotopic (exact) mass is 205 g/mol. The average molecular weight is 205 g/mol. The van der Waals surface area contributed by atoms with Gasteiger partial charge in [0.1, 0.15) is 6.04 Å². The minimum Gasteiger partial charge on any atom is -0.480 e. The van der Waals surface area contributed by atoms with Gasteiger partial charge in [0.05, 0.1) is 12.5 Å². The summed E-state index contributed by atoms with van der Waals surface area (Å²) in [6.45, 7) is 0.0936. The van der Waals surface area contributed by atoms with Crippen molar-refractivity contribution in [1.29, 1.82) is 0 Å². The van der Waals surface area contributed by atoms with Gasteiger partial charge in [-0.15, -0.1) is 0 Å². The Morgan fingerprint density at radius 3 is 2.69 bits per heavy atom. The number of nitrogens with zero attached hydrogens (tertiary/aromatic N) is 1. The lowest BCUT2D eigenvalue weighted by Gasteiger charge is -2.22. The fraction of sp³-hybridized carbons (Fsp3) is 0.714. The molecular formula is C7H11NO4S. The van der Waals surface area contributed by atoms with Crippen LogP contribution in [0.3, 0.4) is 0 Å². The molecule has 1 heterocycles. The molecule has 1 saturated heterocycles. The molecule has 1 unspecified atom stereocenters. The molecule has 1 fully saturated rings. The molecule has 13 heavy (non-hydrogen) atoms. The van der Waals surface area contributed by atoms with Gasteiger partial charge in [-0.2, -0.15) is 12.6 Å². The highest BCUT2D eigenvalue weighted by Gasteiger charge is 2.35. The molecule has 74 valence electrons. The molecule has 1 amide bonds. The summed E-state index contributed by atoms with van der Waals surface area (Å²) in [4.78, 5) is 23.0. The van der Waals surface area contributed by atoms with Gasteiger partial charge >= 0.3 is 5.97 Å². The Balaban J connectivity index is 2.69. The zero-order chi connectivity index (χ0) is 10.0. The van der Waals surface area contributed by atoms with Gasteiger partial charge in [-0.25, -0.2) is 4.79 Å². The summed E-state index contributed by atoms with van der Waals surface area (Å²) in [6.07, 6.45) is -0.730. The second kappa shape index (κ2) is 3.97. The highest BCUT2D eigenvalue weighted by molar-refractivity contribution is 7.80. The lowest BCUT2D eigenvalue weighted by molar-refractivity contribution is -0.147. The Labute approximate surface area is 80.7 Å². The maximum absolute atomic E-state index is 11.2. The first-order chi connectivity index (χ1) is 6.06. The molecule has 0 aliphatic carbocycles. The van der Waals surface area contributed by atoms with E-state index < -0.39 is 18.1 Å². The summed E-state index contributed by atoms with van der Waals surface area (Å²) >= 11 is 3.84. The van der Waals surface area contributed by atoms with Crippen LogP contribution in [0.2, 0.25) is 0 Å². The number of rotatable bonds is 3. The van der Waals surface area contributed by atoms with Crippen molar-refractivity contribution >= 4 is 24.5 Å². The number of aliphatic hydroxyl groups excluding tert-OH is 1. The van der Waals surface area contributed by atoms with Gasteiger partial charge < -0.3 is 15.1 Å². The second-order valence-electron chi connectivity index (χ2n) is 2.94. The van der Waals surface area contributed by atoms with Crippen LogP contribution in [0, 0.1) is 0 Å². The van der Waals surface area contributed by atoms with Gasteiger partial charge in [-0.3, -0.25) is 4.79 Å². The van der Waals surface area contributed by atoms with E-state index in [0.29, 0.717) is 0 Å². The third-order valence-corrected chi connectivity index (χ3v) is 2.32. The highest BCUT2D eigenvalue weighted by Crippen LogP contribution is 2.15. The van der Waals surface area contributed by atoms with Gasteiger partial charge in [0.25, 0.3) is 0 Å². The number of carbonyl (C=O) groups excluding carboxylic acids is 1. The number of carbonyl (C=O) groups is 2. The van der Waals surface area contributed by atoms with Crippen LogP contribution >= 0.6 is 12.6 Å². The molecule has 0 spiro atoms. The van der Waals surface area contributed by atoms with Crippen molar-refractivity contribution in [2.45, 2.75) is 18.6 Å². The third-order valence-electron chi connectivity index (χ3n) is 1.97. The largest absolute Gasteiger partial charge is 0.480 e. The molecule has 2 atom stereocenters. The molecule has 6 heteroatoms. The van der Waals surface area contributed by atoms with Crippen molar-refractivity contribution in [3.05, 3.63) is 0 Å². The standard InChI is InChI=1S/C7H11NO4S/c9-4-1-6(10)8(2-4)5(3-13)7(11)12/h4-5,9,13H,1-3H2,(H,11,12)/t4?,5-/m0/s1. The Bertz CT molecular complexity index is 233. The lowest BCUT2D eigenvalue weighted by Crippen LogP contribution is -2.43. The summed E-state index contributed by atoms with van der Waals surface area (Å²) < 4.78 is 0. The van der Waals surface area contributed by atoms with Crippen LogP contribution < -0.4 is 0 Å². The van der Waals surface area contributed by atoms with E-state index in [1.165, 1.54) is 0 Å². The molecule has 1 aliphatic rings. The highest BCUT2D eigenvalue weighted by atomic mass is 32.1. The third kappa shape index (κ3) is 2.13. The predicted octanol–water partition coefficient (Wildman–Crippen LogP) is -1.04. The number of aliphatic hydroxyl groups is 1. The molecule has 0 bridgehead atoms. The van der Waals surface area contributed by atoms with E-state index in [0.717, 1.165) is 4.90 Å². The van der Waals surface area contributed by atoms with Crippen molar-refractivity contribution in [2.24, 2.45) is 0 Å². The van der Waals surface area contributed by atoms with Crippen molar-refractivity contribution in [2.75, 3.05) is 12.3 Å². The van der Waals surface area contributed by atoms with Crippen LogP contribution in [0.25, 0.3) is 0 Å². The van der Waals surface area contributed by atoms with Gasteiger partial charge in [0.2, 0.25) is 5.91 Å². The van der Waals surface area contributed by atoms with E-state index in [4.69, 9.17) is 10.2 Å². The summed E-state index contributed by atoms with van der Waals surface area (Å²) in [5, 5.41) is 17.8. The van der Waals surface area contributed by atoms with E-state index in [1.54, 1.807) is 0 Å². The van der Waals surface area contributed by atoms with E-state index in [2.05, 4.69) is 12.6 Å². The van der Waals surface area contributed by atoms with Gasteiger partial charge in [-0.05, 0) is 0 Å². The Morgan fingerprint density at radius 1 is 1.77 bits per heavy atom. The van der Waals surface area contributed by atoms with Crippen molar-refractivity contribution in [3.63, 3.8) is 0 Å². The lowest BCUT2D eigenvalue weighted by atomic mass is 10.3. The van der Waals surface area contributed by atoms with E-state index in [9.17, 15) is 9.59 Å². The molecule has 0 saturated carbocycles. The van der Waals surface area contributed by atoms with E-state index in [-0.39, 0.29) is 24.6 Å². The number of hydrogen-bond donors (Lipinski definition) is 3. The first kappa shape index (κ1) is 10.3. The summed E-state index contributed by atoms with van der Waals surface area (Å²) in [6, 6.07) is -0.923. The first-order valence-corrected chi connectivity index (χ1v) is 4.50. The van der Waals surface area contributed by atoms with Crippen molar-refractivity contribution in [1.82, 2.24) is 4.90 Å². The Morgan fingerprint density at radius 2 is 2.38 bits per heavy atom. The molecule has 5 nitrogen and oxygen atoms in total. The number of likely N-dealkylation sites (tertiary alicyclic amines) is 1. The van der Waals surface area contributed by atoms with E-state index >= 15 is 0 Å². The van der Waals surface area contributed by atoms with Crippen molar-refractivity contribution < 1.29 is 19.8 Å². The SMILES string of the molecule is O=C(O)[C@H](CS)N1CC(O)CC1=O. The van der Waals surface area contributed by atoms with E-state index in [1.807, 2.05) is 0 Å². The van der Waals surface area contributed by atoms with Crippen LogP contribution in [0.4, 0.5) is 0 Å². The number of aliphatic carboxylic acids is 1. The van der Waals surface area contributed by atoms with Crippen LogP contribution in [0.1, 0.15) is 6.42 Å². The fourth-order valence-corrected chi connectivity index (χ4v) is 1.68. The zero-order valence-corrected chi connectivity index (χ0v) is 7.78. The van der Waals surface area contributed by atoms with Gasteiger partial charge in [0, 0.05) is 12.3 Å². The number of thiol groups is 1. The van der Waals surface area contributed by atoms with Crippen LogP contribution in [0.5, 0.6) is 0 Å². The van der Waals surface area contributed by atoms with Crippen LogP contribution in [-0.2, 0) is 9.59 Å². The Kier molecular flexibility index (Phi) is 3.16. The number of carboxylic acid groups (broad SMARTS) is 1. The maximum atomic E-state index is 11.2. The van der Waals surface area contributed by atoms with Crippen molar-refractivity contribution in [3.8, 4) is 0 Å². The normalized spacial score (nSPS) is 24.9. The maximum Gasteiger partial charge on any atom is 0.327 e. The van der Waals surface area contributed by atoms with Crippen LogP contribution in [0.15, 0.2) is 0 Å². The van der Waals surface area contributed by atoms with Crippen LogP contribution in [-0.4, -0.2) is 51.4 Å².